The third-order valence-electron chi connectivity index (χ3n) is 3.12. The van der Waals surface area contributed by atoms with Crippen LogP contribution in [0.2, 0.25) is 0 Å². The summed E-state index contributed by atoms with van der Waals surface area (Å²) in [6.07, 6.45) is 0. The van der Waals surface area contributed by atoms with Gasteiger partial charge in [-0.3, -0.25) is 4.79 Å². The molecule has 0 bridgehead atoms. The van der Waals surface area contributed by atoms with Gasteiger partial charge in [-0.05, 0) is 23.8 Å². The van der Waals surface area contributed by atoms with Crippen LogP contribution in [0.3, 0.4) is 0 Å². The lowest BCUT2D eigenvalue weighted by Gasteiger charge is -2.30. The average molecular weight is 326 g/mol. The van der Waals surface area contributed by atoms with E-state index in [0.717, 1.165) is 23.2 Å². The van der Waals surface area contributed by atoms with Gasteiger partial charge in [-0.15, -0.1) is 0 Å². The van der Waals surface area contributed by atoms with E-state index in [2.05, 4.69) is 57.4 Å². The van der Waals surface area contributed by atoms with Crippen LogP contribution in [0.4, 0.5) is 5.69 Å². The van der Waals surface area contributed by atoms with Gasteiger partial charge in [-0.2, -0.15) is 0 Å². The summed E-state index contributed by atoms with van der Waals surface area (Å²) < 4.78 is 1.07. The molecule has 0 spiro atoms. The molecule has 0 unspecified atom stereocenters. The number of carbonyl (C=O) groups excluding carboxylic acids is 1. The van der Waals surface area contributed by atoms with Gasteiger partial charge in [-0.1, -0.05) is 29.8 Å². The molecule has 1 heterocycles. The molecule has 1 saturated heterocycles. The molecule has 1 fully saturated rings. The Bertz CT molecular complexity index is 462. The molecular weight excluding hydrogens is 306 g/mol. The van der Waals surface area contributed by atoms with Crippen LogP contribution < -0.4 is 15.5 Å². The van der Waals surface area contributed by atoms with E-state index in [9.17, 15) is 4.79 Å². The van der Waals surface area contributed by atoms with Gasteiger partial charge >= 0.3 is 0 Å². The van der Waals surface area contributed by atoms with Gasteiger partial charge < -0.3 is 15.5 Å². The Hall–Kier alpha value is -1.07. The third kappa shape index (κ3) is 3.94. The minimum atomic E-state index is 0.0944. The van der Waals surface area contributed by atoms with E-state index >= 15 is 0 Å². The fourth-order valence-electron chi connectivity index (χ4n) is 2.16. The molecule has 4 nitrogen and oxygen atoms in total. The van der Waals surface area contributed by atoms with Crippen molar-refractivity contribution in [1.29, 1.82) is 0 Å². The van der Waals surface area contributed by atoms with E-state index < -0.39 is 0 Å². The summed E-state index contributed by atoms with van der Waals surface area (Å²) in [5.41, 5.74) is 2.36. The van der Waals surface area contributed by atoms with Crippen molar-refractivity contribution >= 4 is 27.5 Å². The van der Waals surface area contributed by atoms with Crippen molar-refractivity contribution in [2.75, 3.05) is 24.5 Å². The maximum Gasteiger partial charge on any atom is 0.239 e. The molecule has 1 aromatic rings. The number of piperazine rings is 1. The zero-order chi connectivity index (χ0) is 13.8. The average Bonchev–Trinajstić information content (AvgIpc) is 2.36. The number of benzene rings is 1. The van der Waals surface area contributed by atoms with Crippen LogP contribution in [0.5, 0.6) is 0 Å². The van der Waals surface area contributed by atoms with E-state index in [1.165, 1.54) is 5.56 Å². The molecule has 0 aliphatic carbocycles. The number of rotatable bonds is 4. The van der Waals surface area contributed by atoms with Crippen LogP contribution in [0, 0.1) is 0 Å². The third-order valence-corrected chi connectivity index (χ3v) is 3.61. The van der Waals surface area contributed by atoms with Crippen LogP contribution in [0.25, 0.3) is 0 Å². The lowest BCUT2D eigenvalue weighted by atomic mass is 10.1. The summed E-state index contributed by atoms with van der Waals surface area (Å²) in [5.74, 6) is 0.0944. The highest BCUT2D eigenvalue weighted by Crippen LogP contribution is 2.25. The molecule has 1 aliphatic rings. The van der Waals surface area contributed by atoms with Crippen LogP contribution in [-0.2, 0) is 11.3 Å². The second-order valence-corrected chi connectivity index (χ2v) is 6.00. The molecule has 0 saturated carbocycles. The highest BCUT2D eigenvalue weighted by atomic mass is 79.9. The summed E-state index contributed by atoms with van der Waals surface area (Å²) in [6.45, 7) is 7.09. The second-order valence-electron chi connectivity index (χ2n) is 5.08. The molecule has 0 atom stereocenters. The predicted molar refractivity (Wildman–Crippen MR) is 81.3 cm³/mol. The lowest BCUT2D eigenvalue weighted by molar-refractivity contribution is -0.120. The minimum absolute atomic E-state index is 0.0944. The zero-order valence-corrected chi connectivity index (χ0v) is 13.0. The number of amides is 1. The maximum atomic E-state index is 11.5. The molecular formula is C14H20BrN3O. The van der Waals surface area contributed by atoms with Crippen molar-refractivity contribution in [3.05, 3.63) is 28.2 Å². The predicted octanol–water partition coefficient (Wildman–Crippen LogP) is 1.88. The first-order valence-electron chi connectivity index (χ1n) is 6.59. The van der Waals surface area contributed by atoms with Crippen molar-refractivity contribution in [1.82, 2.24) is 10.6 Å². The molecule has 104 valence electrons. The zero-order valence-electron chi connectivity index (χ0n) is 11.4. The molecule has 0 radical (unpaired) electrons. The normalized spacial score (nSPS) is 15.8. The topological polar surface area (TPSA) is 44.4 Å². The summed E-state index contributed by atoms with van der Waals surface area (Å²) in [5, 5.41) is 6.29. The smallest absolute Gasteiger partial charge is 0.239 e. The monoisotopic (exact) mass is 325 g/mol. The lowest BCUT2D eigenvalue weighted by Crippen LogP contribution is -2.48. The van der Waals surface area contributed by atoms with Gasteiger partial charge in [0.15, 0.2) is 0 Å². The first-order chi connectivity index (χ1) is 9.06. The molecule has 0 aromatic heterocycles. The quantitative estimate of drug-likeness (QED) is 0.888. The highest BCUT2D eigenvalue weighted by molar-refractivity contribution is 9.10. The molecule has 1 aromatic carbocycles. The molecule has 1 amide bonds. The first kappa shape index (κ1) is 14.3. The van der Waals surface area contributed by atoms with Gasteiger partial charge in [0.25, 0.3) is 0 Å². The Morgan fingerprint density at radius 1 is 1.47 bits per heavy atom. The van der Waals surface area contributed by atoms with E-state index in [4.69, 9.17) is 0 Å². The number of carbonyl (C=O) groups is 1. The van der Waals surface area contributed by atoms with Crippen molar-refractivity contribution in [2.24, 2.45) is 0 Å². The summed E-state index contributed by atoms with van der Waals surface area (Å²) >= 11 is 3.51. The summed E-state index contributed by atoms with van der Waals surface area (Å²) in [6, 6.07) is 6.68. The number of nitrogens with one attached hydrogen (secondary N) is 2. The minimum Gasteiger partial charge on any atom is -0.360 e. The Labute approximate surface area is 122 Å². The summed E-state index contributed by atoms with van der Waals surface area (Å²) in [7, 11) is 0. The maximum absolute atomic E-state index is 11.5. The van der Waals surface area contributed by atoms with E-state index in [0.29, 0.717) is 19.1 Å². The molecule has 19 heavy (non-hydrogen) atoms. The van der Waals surface area contributed by atoms with Gasteiger partial charge in [0.2, 0.25) is 5.91 Å². The largest absolute Gasteiger partial charge is 0.360 e. The van der Waals surface area contributed by atoms with Gasteiger partial charge in [0.1, 0.15) is 0 Å². The van der Waals surface area contributed by atoms with E-state index in [-0.39, 0.29) is 5.91 Å². The molecule has 1 aliphatic heterocycles. The Kier molecular flexibility index (Phi) is 4.82. The van der Waals surface area contributed by atoms with Crippen LogP contribution in [-0.4, -0.2) is 31.6 Å². The van der Waals surface area contributed by atoms with Gasteiger partial charge in [0.05, 0.1) is 6.54 Å². The number of hydrogen-bond donors (Lipinski definition) is 2. The van der Waals surface area contributed by atoms with Crippen molar-refractivity contribution in [2.45, 2.75) is 26.4 Å². The van der Waals surface area contributed by atoms with Crippen molar-refractivity contribution in [3.63, 3.8) is 0 Å². The first-order valence-corrected chi connectivity index (χ1v) is 7.39. The van der Waals surface area contributed by atoms with Crippen LogP contribution in [0.1, 0.15) is 19.4 Å². The van der Waals surface area contributed by atoms with Crippen LogP contribution in [0.15, 0.2) is 22.7 Å². The van der Waals surface area contributed by atoms with Crippen molar-refractivity contribution < 1.29 is 4.79 Å². The van der Waals surface area contributed by atoms with Gasteiger partial charge in [0, 0.05) is 35.8 Å². The molecule has 2 N–H and O–H groups in total. The van der Waals surface area contributed by atoms with E-state index in [1.54, 1.807) is 0 Å². The fraction of sp³-hybridized carbons (Fsp3) is 0.500. The molecule has 2 rings (SSSR count). The number of nitrogens with zero attached hydrogens (tertiary/aromatic N) is 1. The second kappa shape index (κ2) is 6.39. The number of hydrogen-bond acceptors (Lipinski definition) is 3. The molecule has 5 heteroatoms. The number of halogens is 1. The summed E-state index contributed by atoms with van der Waals surface area (Å²) in [4.78, 5) is 13.7. The number of anilines is 1. The Balaban J connectivity index is 2.20. The fourth-order valence-corrected chi connectivity index (χ4v) is 2.57. The highest BCUT2D eigenvalue weighted by Gasteiger charge is 2.18. The standard InChI is InChI=1S/C14H20BrN3O/c1-10(2)17-8-11-7-12(15)3-4-13(11)18-6-5-16-14(19)9-18/h3-4,7,10,17H,5-6,8-9H2,1-2H3,(H,16,19). The van der Waals surface area contributed by atoms with Crippen LogP contribution >= 0.6 is 15.9 Å². The van der Waals surface area contributed by atoms with Gasteiger partial charge in [-0.25, -0.2) is 0 Å². The van der Waals surface area contributed by atoms with E-state index in [1.807, 2.05) is 6.07 Å². The Morgan fingerprint density at radius 3 is 2.95 bits per heavy atom. The van der Waals surface area contributed by atoms with Crippen molar-refractivity contribution in [3.8, 4) is 0 Å². The SMILES string of the molecule is CC(C)NCc1cc(Br)ccc1N1CCNC(=O)C1. The Morgan fingerprint density at radius 2 is 2.26 bits per heavy atom.